The molecule has 0 bridgehead atoms. The number of esters is 1. The molecule has 166 valence electrons. The Morgan fingerprint density at radius 2 is 2.14 bits per heavy atom. The van der Waals surface area contributed by atoms with Crippen molar-refractivity contribution in [2.75, 3.05) is 7.11 Å². The van der Waals surface area contributed by atoms with Crippen LogP contribution >= 0.6 is 0 Å². The van der Waals surface area contributed by atoms with E-state index in [9.17, 15) is 14.3 Å². The van der Waals surface area contributed by atoms with Crippen molar-refractivity contribution in [2.45, 2.75) is 89.4 Å². The molecule has 1 N–H and O–H groups in total. The number of halogens is 2. The minimum Gasteiger partial charge on any atom is -0.469 e. The lowest BCUT2D eigenvalue weighted by atomic mass is 9.84. The number of aliphatic hydroxyl groups is 1. The van der Waals surface area contributed by atoms with Crippen LogP contribution < -0.4 is 0 Å². The fourth-order valence-corrected chi connectivity index (χ4v) is 4.48. The predicted octanol–water partition coefficient (Wildman–Crippen LogP) is 4.71. The van der Waals surface area contributed by atoms with E-state index in [1.807, 2.05) is 13.8 Å². The van der Waals surface area contributed by atoms with Gasteiger partial charge in [-0.3, -0.25) is 4.79 Å². The Morgan fingerprint density at radius 1 is 1.41 bits per heavy atom. The normalized spacial score (nSPS) is 35.1. The Labute approximate surface area is 173 Å². The summed E-state index contributed by atoms with van der Waals surface area (Å²) in [5.74, 6) is -0.491. The van der Waals surface area contributed by atoms with Crippen LogP contribution in [-0.4, -0.2) is 48.3 Å². The van der Waals surface area contributed by atoms with E-state index in [0.717, 1.165) is 12.8 Å². The molecule has 1 saturated carbocycles. The number of unbranched alkanes of at least 4 members (excludes halogenated alkanes) is 1. The fourth-order valence-electron chi connectivity index (χ4n) is 4.48. The second kappa shape index (κ2) is 10.7. The summed E-state index contributed by atoms with van der Waals surface area (Å²) in [6.07, 6.45) is 6.93. The van der Waals surface area contributed by atoms with Crippen LogP contribution in [0.1, 0.15) is 59.3 Å². The lowest BCUT2D eigenvalue weighted by Gasteiger charge is -2.25. The highest BCUT2D eigenvalue weighted by atomic mass is 19.1. The predicted molar refractivity (Wildman–Crippen MR) is 109 cm³/mol. The molecule has 0 aromatic heterocycles. The van der Waals surface area contributed by atoms with Crippen molar-refractivity contribution in [1.29, 1.82) is 0 Å². The maximum absolute atomic E-state index is 15.1. The topological polar surface area (TPSA) is 55.8 Å². The molecule has 29 heavy (non-hydrogen) atoms. The van der Waals surface area contributed by atoms with Crippen LogP contribution in [0.25, 0.3) is 0 Å². The molecule has 0 aromatic carbocycles. The Morgan fingerprint density at radius 3 is 2.79 bits per heavy atom. The Balaban J connectivity index is 1.97. The zero-order chi connectivity index (χ0) is 21.6. The van der Waals surface area contributed by atoms with Gasteiger partial charge in [0.2, 0.25) is 0 Å². The number of hydrogen-bond donors (Lipinski definition) is 1. The van der Waals surface area contributed by atoms with E-state index in [4.69, 9.17) is 4.74 Å². The Bertz CT molecular complexity index is 589. The van der Waals surface area contributed by atoms with E-state index in [2.05, 4.69) is 4.74 Å². The average molecular weight is 415 g/mol. The van der Waals surface area contributed by atoms with E-state index >= 15 is 4.39 Å². The number of rotatable bonds is 10. The second-order valence-corrected chi connectivity index (χ2v) is 8.71. The number of allylic oxidation sites excluding steroid dienone is 2. The maximum atomic E-state index is 15.1. The number of methoxy groups -OCH3 is 1. The molecule has 2 rings (SSSR count). The quantitative estimate of drug-likeness (QED) is 0.416. The molecular formula is C23H36F2O4. The van der Waals surface area contributed by atoms with Crippen molar-refractivity contribution >= 4 is 5.97 Å². The summed E-state index contributed by atoms with van der Waals surface area (Å²) in [7, 11) is 1.34. The number of carbonyl (C=O) groups excluding carboxylic acids is 1. The van der Waals surface area contributed by atoms with Gasteiger partial charge in [0.25, 0.3) is 0 Å². The second-order valence-electron chi connectivity index (χ2n) is 8.71. The van der Waals surface area contributed by atoms with Gasteiger partial charge in [0.15, 0.2) is 0 Å². The molecule has 2 fully saturated rings. The average Bonchev–Trinajstić information content (AvgIpc) is 3.16. The van der Waals surface area contributed by atoms with Gasteiger partial charge in [-0.05, 0) is 38.0 Å². The number of fused-ring (bicyclic) bond motifs is 1. The minimum atomic E-state index is -1.68. The van der Waals surface area contributed by atoms with Gasteiger partial charge in [0.1, 0.15) is 24.0 Å². The first kappa shape index (κ1) is 24.0. The van der Waals surface area contributed by atoms with Crippen LogP contribution in [0.3, 0.4) is 0 Å². The largest absolute Gasteiger partial charge is 0.469 e. The van der Waals surface area contributed by atoms with E-state index in [1.54, 1.807) is 18.2 Å². The van der Waals surface area contributed by atoms with E-state index < -0.39 is 24.0 Å². The van der Waals surface area contributed by atoms with Crippen molar-refractivity contribution in [1.82, 2.24) is 0 Å². The van der Waals surface area contributed by atoms with Crippen LogP contribution in [0.15, 0.2) is 24.3 Å². The van der Waals surface area contributed by atoms with Gasteiger partial charge in [0, 0.05) is 12.3 Å². The summed E-state index contributed by atoms with van der Waals surface area (Å²) in [6.45, 7) is 5.45. The highest BCUT2D eigenvalue weighted by molar-refractivity contribution is 5.69. The van der Waals surface area contributed by atoms with Gasteiger partial charge in [-0.1, -0.05) is 51.0 Å². The van der Waals surface area contributed by atoms with E-state index in [0.29, 0.717) is 19.3 Å². The van der Waals surface area contributed by atoms with E-state index in [-0.39, 0.29) is 36.2 Å². The van der Waals surface area contributed by atoms with Crippen LogP contribution in [0.5, 0.6) is 0 Å². The molecule has 1 aliphatic heterocycles. The van der Waals surface area contributed by atoms with Crippen LogP contribution in [0.4, 0.5) is 8.78 Å². The molecule has 6 heteroatoms. The number of alkyl halides is 2. The third-order valence-electron chi connectivity index (χ3n) is 6.37. The molecule has 2 aliphatic rings. The van der Waals surface area contributed by atoms with Crippen molar-refractivity contribution < 1.29 is 28.2 Å². The standard InChI is InChI=1S/C23H36F2O4/c1-5-6-13-23(3,25)19(26)12-11-16-15(2)14-18-21(16)22(24)17(29-18)9-7-8-10-20(27)28-4/h7,9,11-12,15-19,21-22,26H,5-6,8,10,13-14H2,1-4H3/b9-7+,12-11+/t15-,16+,17-,18-,19-,21-,22?,23?/m1/s1. The first-order chi connectivity index (χ1) is 13.7. The summed E-state index contributed by atoms with van der Waals surface area (Å²) < 4.78 is 40.3. The van der Waals surface area contributed by atoms with Crippen LogP contribution in [0.2, 0.25) is 0 Å². The Hall–Kier alpha value is -1.27. The Kier molecular flexibility index (Phi) is 8.83. The smallest absolute Gasteiger partial charge is 0.305 e. The zero-order valence-electron chi connectivity index (χ0n) is 18.0. The maximum Gasteiger partial charge on any atom is 0.305 e. The molecule has 1 saturated heterocycles. The molecule has 0 radical (unpaired) electrons. The highest BCUT2D eigenvalue weighted by Crippen LogP contribution is 2.48. The number of aliphatic hydroxyl groups excluding tert-OH is 1. The van der Waals surface area contributed by atoms with Crippen LogP contribution in [0, 0.1) is 17.8 Å². The fraction of sp³-hybridized carbons (Fsp3) is 0.783. The summed E-state index contributed by atoms with van der Waals surface area (Å²) in [6, 6.07) is 0. The number of hydrogen-bond acceptors (Lipinski definition) is 4. The van der Waals surface area contributed by atoms with Crippen molar-refractivity contribution in [2.24, 2.45) is 17.8 Å². The lowest BCUT2D eigenvalue weighted by molar-refractivity contribution is -0.140. The summed E-state index contributed by atoms with van der Waals surface area (Å²) >= 11 is 0. The highest BCUT2D eigenvalue weighted by Gasteiger charge is 2.53. The third-order valence-corrected chi connectivity index (χ3v) is 6.37. The lowest BCUT2D eigenvalue weighted by Crippen LogP contribution is -2.33. The molecular weight excluding hydrogens is 378 g/mol. The summed E-state index contributed by atoms with van der Waals surface area (Å²) in [5.41, 5.74) is -1.68. The number of ether oxygens (including phenoxy) is 2. The zero-order valence-corrected chi connectivity index (χ0v) is 18.0. The van der Waals surface area contributed by atoms with Gasteiger partial charge in [-0.25, -0.2) is 8.78 Å². The van der Waals surface area contributed by atoms with Gasteiger partial charge in [0.05, 0.1) is 13.2 Å². The summed E-state index contributed by atoms with van der Waals surface area (Å²) in [5, 5.41) is 10.3. The summed E-state index contributed by atoms with van der Waals surface area (Å²) in [4.78, 5) is 11.2. The molecule has 0 aromatic rings. The molecule has 8 atom stereocenters. The van der Waals surface area contributed by atoms with Crippen molar-refractivity contribution in [3.8, 4) is 0 Å². The SMILES string of the molecule is CCCCC(C)(F)[C@H](O)/C=C/[C@@H]1[C@H]2C(F)[C@@H](/C=C/CCC(=O)OC)O[C@@H]2C[C@H]1C. The molecule has 1 heterocycles. The van der Waals surface area contributed by atoms with Gasteiger partial charge in [-0.15, -0.1) is 0 Å². The first-order valence-corrected chi connectivity index (χ1v) is 10.8. The van der Waals surface area contributed by atoms with Crippen molar-refractivity contribution in [3.05, 3.63) is 24.3 Å². The third kappa shape index (κ3) is 6.11. The van der Waals surface area contributed by atoms with Gasteiger partial charge < -0.3 is 14.6 Å². The number of carbonyl (C=O) groups is 1. The monoisotopic (exact) mass is 414 g/mol. The first-order valence-electron chi connectivity index (χ1n) is 10.8. The van der Waals surface area contributed by atoms with Gasteiger partial charge in [-0.2, -0.15) is 0 Å². The van der Waals surface area contributed by atoms with Crippen molar-refractivity contribution in [3.63, 3.8) is 0 Å². The molecule has 0 spiro atoms. The minimum absolute atomic E-state index is 0.0971. The van der Waals surface area contributed by atoms with Crippen LogP contribution in [-0.2, 0) is 14.3 Å². The molecule has 0 amide bonds. The molecule has 2 unspecified atom stereocenters. The van der Waals surface area contributed by atoms with Gasteiger partial charge >= 0.3 is 5.97 Å². The molecule has 4 nitrogen and oxygen atoms in total. The molecule has 1 aliphatic carbocycles. The van der Waals surface area contributed by atoms with E-state index in [1.165, 1.54) is 20.1 Å².